The Labute approximate surface area is 138 Å². The van der Waals surface area contributed by atoms with E-state index in [0.717, 1.165) is 12.8 Å². The van der Waals surface area contributed by atoms with Gasteiger partial charge in [0.05, 0.1) is 18.5 Å². The molecule has 2 aromatic heterocycles. The number of hydrogen-bond donors (Lipinski definition) is 4. The molecular weight excluding hydrogens is 314 g/mol. The summed E-state index contributed by atoms with van der Waals surface area (Å²) in [7, 11) is 0. The predicted octanol–water partition coefficient (Wildman–Crippen LogP) is -0.367. The Bertz CT molecular complexity index is 717. The third-order valence-corrected chi connectivity index (χ3v) is 4.86. The van der Waals surface area contributed by atoms with Crippen LogP contribution in [-0.2, 0) is 4.74 Å². The van der Waals surface area contributed by atoms with Crippen molar-refractivity contribution in [1.82, 2.24) is 19.6 Å². The number of fused-ring (bicyclic) bond motifs is 1. The van der Waals surface area contributed by atoms with Gasteiger partial charge < -0.3 is 25.4 Å². The fourth-order valence-corrected chi connectivity index (χ4v) is 3.54. The van der Waals surface area contributed by atoms with Crippen LogP contribution >= 0.6 is 0 Å². The summed E-state index contributed by atoms with van der Waals surface area (Å²) in [6, 6.07) is 0.387. The first kappa shape index (κ1) is 15.7. The average molecular weight is 335 g/mol. The zero-order valence-corrected chi connectivity index (χ0v) is 13.1. The number of aromatic nitrogens is 4. The number of rotatable bonds is 4. The average Bonchev–Trinajstić information content (AvgIpc) is 3.30. The summed E-state index contributed by atoms with van der Waals surface area (Å²) in [5.74, 6) is 0.648. The molecule has 2 aliphatic rings. The molecule has 1 unspecified atom stereocenters. The van der Waals surface area contributed by atoms with Crippen LogP contribution < -0.4 is 5.32 Å². The standard InChI is InChI=1S/C15H21N5O4/c21-6-10-11(22)12(23)13(24-10)9-5-16-15-14(17-7-18-20(9)15)19-8-3-1-2-4-8/h5,7-8,10-13,21-23H,1-4,6H2,(H,17,18,19)/t10?,11-,12-,13+/m1/s1. The third-order valence-electron chi connectivity index (χ3n) is 4.86. The number of ether oxygens (including phenoxy) is 1. The minimum absolute atomic E-state index is 0.366. The van der Waals surface area contributed by atoms with Gasteiger partial charge in [-0.15, -0.1) is 0 Å². The number of aliphatic hydroxyl groups is 3. The molecule has 24 heavy (non-hydrogen) atoms. The molecule has 4 atom stereocenters. The lowest BCUT2D eigenvalue weighted by atomic mass is 10.1. The molecule has 0 amide bonds. The molecule has 1 aliphatic heterocycles. The molecule has 1 saturated carbocycles. The SMILES string of the molecule is OCC1O[C@@H](c2cnc3c(NC4CCCC4)ncnn23)[C@H](O)[C@@H]1O. The number of anilines is 1. The van der Waals surface area contributed by atoms with Crippen LogP contribution in [0.2, 0.25) is 0 Å². The van der Waals surface area contributed by atoms with Gasteiger partial charge in [0.1, 0.15) is 30.7 Å². The van der Waals surface area contributed by atoms with Crippen LogP contribution in [0.15, 0.2) is 12.5 Å². The van der Waals surface area contributed by atoms with Crippen molar-refractivity contribution < 1.29 is 20.1 Å². The van der Waals surface area contributed by atoms with Crippen LogP contribution in [0.1, 0.15) is 37.5 Å². The zero-order valence-electron chi connectivity index (χ0n) is 13.1. The van der Waals surface area contributed by atoms with Gasteiger partial charge in [0, 0.05) is 6.04 Å². The first-order chi connectivity index (χ1) is 11.7. The molecule has 2 aromatic rings. The van der Waals surface area contributed by atoms with Crippen LogP contribution in [0.25, 0.3) is 5.65 Å². The summed E-state index contributed by atoms with van der Waals surface area (Å²) in [6.45, 7) is -0.366. The lowest BCUT2D eigenvalue weighted by Gasteiger charge is -2.15. The van der Waals surface area contributed by atoms with Gasteiger partial charge in [-0.2, -0.15) is 5.10 Å². The summed E-state index contributed by atoms with van der Waals surface area (Å²) >= 11 is 0. The van der Waals surface area contributed by atoms with E-state index in [-0.39, 0.29) is 6.61 Å². The van der Waals surface area contributed by atoms with Crippen molar-refractivity contribution in [1.29, 1.82) is 0 Å². The molecule has 3 heterocycles. The van der Waals surface area contributed by atoms with E-state index in [1.165, 1.54) is 19.2 Å². The number of aliphatic hydroxyl groups excluding tert-OH is 3. The highest BCUT2D eigenvalue weighted by molar-refractivity contribution is 5.62. The molecule has 2 fully saturated rings. The van der Waals surface area contributed by atoms with Gasteiger partial charge in [-0.25, -0.2) is 14.5 Å². The van der Waals surface area contributed by atoms with E-state index >= 15 is 0 Å². The van der Waals surface area contributed by atoms with E-state index in [1.54, 1.807) is 10.7 Å². The highest BCUT2D eigenvalue weighted by atomic mass is 16.6. The summed E-state index contributed by atoms with van der Waals surface area (Å²) < 4.78 is 7.13. The fourth-order valence-electron chi connectivity index (χ4n) is 3.54. The van der Waals surface area contributed by atoms with Gasteiger partial charge in [0.2, 0.25) is 0 Å². The van der Waals surface area contributed by atoms with Crippen molar-refractivity contribution in [2.24, 2.45) is 0 Å². The van der Waals surface area contributed by atoms with Gasteiger partial charge in [-0.3, -0.25) is 0 Å². The summed E-state index contributed by atoms with van der Waals surface area (Å²) in [5, 5.41) is 37.0. The third kappa shape index (κ3) is 2.53. The second-order valence-electron chi connectivity index (χ2n) is 6.41. The van der Waals surface area contributed by atoms with Gasteiger partial charge in [-0.1, -0.05) is 12.8 Å². The molecule has 0 aromatic carbocycles. The normalized spacial score (nSPS) is 31.1. The number of nitrogens with one attached hydrogen (secondary N) is 1. The van der Waals surface area contributed by atoms with Crippen molar-refractivity contribution in [3.05, 3.63) is 18.2 Å². The number of nitrogens with zero attached hydrogens (tertiary/aromatic N) is 4. The molecule has 0 radical (unpaired) electrons. The van der Waals surface area contributed by atoms with Gasteiger partial charge >= 0.3 is 0 Å². The number of hydrogen-bond acceptors (Lipinski definition) is 8. The molecule has 1 saturated heterocycles. The smallest absolute Gasteiger partial charge is 0.197 e. The van der Waals surface area contributed by atoms with E-state index in [1.807, 2.05) is 0 Å². The zero-order chi connectivity index (χ0) is 16.7. The van der Waals surface area contributed by atoms with Crippen molar-refractivity contribution >= 4 is 11.5 Å². The van der Waals surface area contributed by atoms with Crippen molar-refractivity contribution in [3.63, 3.8) is 0 Å². The van der Waals surface area contributed by atoms with Crippen LogP contribution in [0, 0.1) is 0 Å². The second kappa shape index (κ2) is 6.25. The topological polar surface area (TPSA) is 125 Å². The second-order valence-corrected chi connectivity index (χ2v) is 6.41. The maximum atomic E-state index is 10.2. The van der Waals surface area contributed by atoms with E-state index in [2.05, 4.69) is 20.4 Å². The first-order valence-corrected chi connectivity index (χ1v) is 8.26. The Hall–Kier alpha value is -1.81. The summed E-state index contributed by atoms with van der Waals surface area (Å²) in [6.07, 6.45) is 3.70. The van der Waals surface area contributed by atoms with Crippen LogP contribution in [0.3, 0.4) is 0 Å². The lowest BCUT2D eigenvalue weighted by molar-refractivity contribution is -0.0244. The molecule has 0 spiro atoms. The highest BCUT2D eigenvalue weighted by Gasteiger charge is 2.44. The fraction of sp³-hybridized carbons (Fsp3) is 0.667. The monoisotopic (exact) mass is 335 g/mol. The van der Waals surface area contributed by atoms with Crippen molar-refractivity contribution in [2.45, 2.75) is 56.1 Å². The van der Waals surface area contributed by atoms with Crippen LogP contribution in [0.5, 0.6) is 0 Å². The molecule has 9 nitrogen and oxygen atoms in total. The lowest BCUT2D eigenvalue weighted by Crippen LogP contribution is -2.32. The molecule has 130 valence electrons. The summed E-state index contributed by atoms with van der Waals surface area (Å²) in [5.41, 5.74) is 1.07. The number of imidazole rings is 1. The maximum Gasteiger partial charge on any atom is 0.197 e. The van der Waals surface area contributed by atoms with E-state index < -0.39 is 24.4 Å². The quantitative estimate of drug-likeness (QED) is 0.597. The Morgan fingerprint density at radius 3 is 2.71 bits per heavy atom. The Kier molecular flexibility index (Phi) is 4.09. The van der Waals surface area contributed by atoms with Crippen LogP contribution in [-0.4, -0.2) is 65.9 Å². The molecule has 4 rings (SSSR count). The minimum Gasteiger partial charge on any atom is -0.394 e. The molecular formula is C15H21N5O4. The Morgan fingerprint density at radius 1 is 1.21 bits per heavy atom. The first-order valence-electron chi connectivity index (χ1n) is 8.26. The van der Waals surface area contributed by atoms with Crippen molar-refractivity contribution in [3.8, 4) is 0 Å². The van der Waals surface area contributed by atoms with E-state index in [9.17, 15) is 15.3 Å². The Balaban J connectivity index is 1.65. The predicted molar refractivity (Wildman–Crippen MR) is 83.4 cm³/mol. The van der Waals surface area contributed by atoms with E-state index in [0.29, 0.717) is 23.2 Å². The molecule has 1 aliphatic carbocycles. The van der Waals surface area contributed by atoms with Gasteiger partial charge in [-0.05, 0) is 12.8 Å². The molecule has 0 bridgehead atoms. The van der Waals surface area contributed by atoms with E-state index in [4.69, 9.17) is 4.74 Å². The molecule has 9 heteroatoms. The highest BCUT2D eigenvalue weighted by Crippen LogP contribution is 2.34. The van der Waals surface area contributed by atoms with Gasteiger partial charge in [0.25, 0.3) is 0 Å². The minimum atomic E-state index is -1.15. The largest absolute Gasteiger partial charge is 0.394 e. The van der Waals surface area contributed by atoms with Crippen LogP contribution in [0.4, 0.5) is 5.82 Å². The maximum absolute atomic E-state index is 10.2. The molecule has 4 N–H and O–H groups in total. The van der Waals surface area contributed by atoms with Gasteiger partial charge in [0.15, 0.2) is 11.5 Å². The summed E-state index contributed by atoms with van der Waals surface area (Å²) in [4.78, 5) is 8.63. The van der Waals surface area contributed by atoms with Crippen molar-refractivity contribution in [2.75, 3.05) is 11.9 Å². The Morgan fingerprint density at radius 2 is 2.00 bits per heavy atom.